The first-order valence-electron chi connectivity index (χ1n) is 6.64. The summed E-state index contributed by atoms with van der Waals surface area (Å²) in [7, 11) is 0. The van der Waals surface area contributed by atoms with E-state index in [1.54, 1.807) is 0 Å². The van der Waals surface area contributed by atoms with Crippen LogP contribution in [0, 0.1) is 0 Å². The van der Waals surface area contributed by atoms with Crippen LogP contribution in [0.1, 0.15) is 19.3 Å². The summed E-state index contributed by atoms with van der Waals surface area (Å²) in [6.07, 6.45) is 2.86. The van der Waals surface area contributed by atoms with E-state index in [0.717, 1.165) is 52.1 Å². The fraction of sp³-hybridized carbons (Fsp3) is 0.833. The van der Waals surface area contributed by atoms with E-state index in [4.69, 9.17) is 4.74 Å². The Morgan fingerprint density at radius 3 is 2.56 bits per heavy atom. The van der Waals surface area contributed by atoms with Crippen LogP contribution in [-0.2, 0) is 14.3 Å². The molecule has 6 nitrogen and oxygen atoms in total. The molecule has 0 unspecified atom stereocenters. The normalized spacial score (nSPS) is 20.4. The molecule has 0 atom stereocenters. The van der Waals surface area contributed by atoms with E-state index >= 15 is 0 Å². The van der Waals surface area contributed by atoms with Gasteiger partial charge in [0.25, 0.3) is 0 Å². The first kappa shape index (κ1) is 13.3. The van der Waals surface area contributed by atoms with E-state index < -0.39 is 11.8 Å². The van der Waals surface area contributed by atoms with Crippen molar-refractivity contribution in [1.29, 1.82) is 0 Å². The number of carbonyl (C=O) groups excluding carboxylic acids is 2. The van der Waals surface area contributed by atoms with Gasteiger partial charge >= 0.3 is 11.8 Å². The maximum Gasteiger partial charge on any atom is 0.309 e. The highest BCUT2D eigenvalue weighted by Gasteiger charge is 2.26. The Kier molecular flexibility index (Phi) is 4.95. The van der Waals surface area contributed by atoms with Crippen molar-refractivity contribution in [3.63, 3.8) is 0 Å². The van der Waals surface area contributed by atoms with E-state index in [9.17, 15) is 9.59 Å². The summed E-state index contributed by atoms with van der Waals surface area (Å²) in [5, 5.41) is 5.31. The van der Waals surface area contributed by atoms with Crippen LogP contribution in [0.3, 0.4) is 0 Å². The monoisotopic (exact) mass is 255 g/mol. The van der Waals surface area contributed by atoms with Crippen LogP contribution in [0.4, 0.5) is 0 Å². The minimum absolute atomic E-state index is 0.233. The second-order valence-corrected chi connectivity index (χ2v) is 4.81. The minimum Gasteiger partial charge on any atom is -0.379 e. The maximum absolute atomic E-state index is 11.4. The van der Waals surface area contributed by atoms with Crippen molar-refractivity contribution in [2.75, 3.05) is 39.4 Å². The van der Waals surface area contributed by atoms with Crippen LogP contribution < -0.4 is 10.6 Å². The number of hydrogen-bond donors (Lipinski definition) is 2. The van der Waals surface area contributed by atoms with Crippen molar-refractivity contribution in [2.24, 2.45) is 0 Å². The minimum atomic E-state index is -0.510. The second-order valence-electron chi connectivity index (χ2n) is 4.81. The van der Waals surface area contributed by atoms with Gasteiger partial charge in [-0.2, -0.15) is 0 Å². The lowest BCUT2D eigenvalue weighted by Gasteiger charge is -2.26. The lowest BCUT2D eigenvalue weighted by molar-refractivity contribution is -0.139. The Morgan fingerprint density at radius 2 is 1.89 bits per heavy atom. The fourth-order valence-corrected chi connectivity index (χ4v) is 1.89. The Bertz CT molecular complexity index is 299. The summed E-state index contributed by atoms with van der Waals surface area (Å²) in [6.45, 7) is 4.97. The molecule has 0 bridgehead atoms. The highest BCUT2D eigenvalue weighted by Crippen LogP contribution is 2.18. The van der Waals surface area contributed by atoms with Crippen LogP contribution in [0.15, 0.2) is 0 Å². The van der Waals surface area contributed by atoms with Crippen molar-refractivity contribution in [3.05, 3.63) is 0 Å². The maximum atomic E-state index is 11.4. The molecule has 6 heteroatoms. The molecule has 1 aliphatic heterocycles. The van der Waals surface area contributed by atoms with Gasteiger partial charge in [-0.1, -0.05) is 0 Å². The standard InChI is InChI=1S/C12H21N3O3/c16-11(12(17)14-10-2-3-10)13-4-1-5-15-6-8-18-9-7-15/h10H,1-9H2,(H,13,16)(H,14,17). The van der Waals surface area contributed by atoms with E-state index in [0.29, 0.717) is 6.54 Å². The topological polar surface area (TPSA) is 70.7 Å². The molecular weight excluding hydrogens is 234 g/mol. The summed E-state index contributed by atoms with van der Waals surface area (Å²) in [4.78, 5) is 25.0. The van der Waals surface area contributed by atoms with E-state index in [1.807, 2.05) is 0 Å². The zero-order valence-corrected chi connectivity index (χ0v) is 10.6. The summed E-state index contributed by atoms with van der Waals surface area (Å²) in [5.74, 6) is -1.01. The van der Waals surface area contributed by atoms with E-state index in [-0.39, 0.29) is 6.04 Å². The predicted octanol–water partition coefficient (Wildman–Crippen LogP) is -0.896. The lowest BCUT2D eigenvalue weighted by atomic mass is 10.3. The molecule has 0 aromatic rings. The number of hydrogen-bond acceptors (Lipinski definition) is 4. The van der Waals surface area contributed by atoms with Crippen LogP contribution >= 0.6 is 0 Å². The van der Waals surface area contributed by atoms with Crippen molar-refractivity contribution < 1.29 is 14.3 Å². The molecule has 1 aliphatic carbocycles. The van der Waals surface area contributed by atoms with Crippen LogP contribution in [0.5, 0.6) is 0 Å². The number of morpholine rings is 1. The molecule has 0 aromatic heterocycles. The molecule has 2 rings (SSSR count). The molecule has 1 saturated carbocycles. The largest absolute Gasteiger partial charge is 0.379 e. The van der Waals surface area contributed by atoms with Crippen LogP contribution in [0.2, 0.25) is 0 Å². The van der Waals surface area contributed by atoms with Gasteiger partial charge < -0.3 is 15.4 Å². The number of rotatable bonds is 5. The van der Waals surface area contributed by atoms with Gasteiger partial charge in [0.05, 0.1) is 13.2 Å². The van der Waals surface area contributed by atoms with Crippen LogP contribution in [0.25, 0.3) is 0 Å². The van der Waals surface area contributed by atoms with Gasteiger partial charge in [0.2, 0.25) is 0 Å². The molecule has 0 spiro atoms. The van der Waals surface area contributed by atoms with Crippen molar-refractivity contribution >= 4 is 11.8 Å². The van der Waals surface area contributed by atoms with Crippen molar-refractivity contribution in [2.45, 2.75) is 25.3 Å². The second kappa shape index (κ2) is 6.70. The van der Waals surface area contributed by atoms with Crippen molar-refractivity contribution in [1.82, 2.24) is 15.5 Å². The summed E-state index contributed by atoms with van der Waals surface area (Å²) >= 11 is 0. The lowest BCUT2D eigenvalue weighted by Crippen LogP contribution is -2.42. The summed E-state index contributed by atoms with van der Waals surface area (Å²) in [5.41, 5.74) is 0. The summed E-state index contributed by atoms with van der Waals surface area (Å²) < 4.78 is 5.25. The first-order valence-corrected chi connectivity index (χ1v) is 6.64. The Labute approximate surface area is 107 Å². The van der Waals surface area contributed by atoms with Gasteiger partial charge in [-0.3, -0.25) is 14.5 Å². The molecule has 102 valence electrons. The van der Waals surface area contributed by atoms with Gasteiger partial charge in [0, 0.05) is 25.7 Å². The Morgan fingerprint density at radius 1 is 1.17 bits per heavy atom. The van der Waals surface area contributed by atoms with Crippen molar-refractivity contribution in [3.8, 4) is 0 Å². The number of nitrogens with one attached hydrogen (secondary N) is 2. The van der Waals surface area contributed by atoms with Gasteiger partial charge in [-0.25, -0.2) is 0 Å². The SMILES string of the molecule is O=C(NCCCN1CCOCC1)C(=O)NC1CC1. The molecule has 18 heavy (non-hydrogen) atoms. The predicted molar refractivity (Wildman–Crippen MR) is 66.1 cm³/mol. The molecule has 2 N–H and O–H groups in total. The first-order chi connectivity index (χ1) is 8.75. The molecule has 1 heterocycles. The van der Waals surface area contributed by atoms with Gasteiger partial charge in [0.15, 0.2) is 0 Å². The number of ether oxygens (including phenoxy) is 1. The highest BCUT2D eigenvalue weighted by atomic mass is 16.5. The number of nitrogens with zero attached hydrogens (tertiary/aromatic N) is 1. The quantitative estimate of drug-likeness (QED) is 0.493. The average molecular weight is 255 g/mol. The molecule has 0 radical (unpaired) electrons. The zero-order chi connectivity index (χ0) is 12.8. The number of carbonyl (C=O) groups is 2. The molecule has 0 aromatic carbocycles. The average Bonchev–Trinajstić information content (AvgIpc) is 3.19. The highest BCUT2D eigenvalue weighted by molar-refractivity contribution is 6.35. The smallest absolute Gasteiger partial charge is 0.309 e. The zero-order valence-electron chi connectivity index (χ0n) is 10.6. The number of amides is 2. The van der Waals surface area contributed by atoms with Gasteiger partial charge in [0.1, 0.15) is 0 Å². The third kappa shape index (κ3) is 4.62. The Balaban J connectivity index is 1.51. The van der Waals surface area contributed by atoms with E-state index in [2.05, 4.69) is 15.5 Å². The Hall–Kier alpha value is -1.14. The molecule has 2 fully saturated rings. The summed E-state index contributed by atoms with van der Waals surface area (Å²) in [6, 6.07) is 0.233. The molecule has 2 amide bonds. The van der Waals surface area contributed by atoms with Gasteiger partial charge in [-0.05, 0) is 25.8 Å². The third-order valence-corrected chi connectivity index (χ3v) is 3.16. The van der Waals surface area contributed by atoms with Crippen LogP contribution in [-0.4, -0.2) is 62.1 Å². The molecule has 2 aliphatic rings. The van der Waals surface area contributed by atoms with E-state index in [1.165, 1.54) is 0 Å². The molecular formula is C12H21N3O3. The fourth-order valence-electron chi connectivity index (χ4n) is 1.89. The molecule has 1 saturated heterocycles. The van der Waals surface area contributed by atoms with Gasteiger partial charge in [-0.15, -0.1) is 0 Å². The third-order valence-electron chi connectivity index (χ3n) is 3.16.